The van der Waals surface area contributed by atoms with Crippen molar-refractivity contribution in [3.8, 4) is 0 Å². The van der Waals surface area contributed by atoms with Crippen molar-refractivity contribution < 1.29 is 9.90 Å². The molecule has 0 aliphatic rings. The number of benzene rings is 1. The summed E-state index contributed by atoms with van der Waals surface area (Å²) in [5, 5.41) is 11.1. The smallest absolute Gasteiger partial charge is 0.354 e. The molecule has 4 heteroatoms. The maximum Gasteiger partial charge on any atom is 0.354 e. The van der Waals surface area contributed by atoms with Gasteiger partial charge in [-0.05, 0) is 16.9 Å². The highest BCUT2D eigenvalue weighted by molar-refractivity contribution is 5.97. The summed E-state index contributed by atoms with van der Waals surface area (Å²) in [4.78, 5) is 17.6. The number of hydrogen-bond donors (Lipinski definition) is 1. The van der Waals surface area contributed by atoms with Gasteiger partial charge in [-0.2, -0.15) is 0 Å². The predicted octanol–water partition coefficient (Wildman–Crippen LogP) is 3.42. The molecule has 1 aromatic heterocycles. The van der Waals surface area contributed by atoms with Gasteiger partial charge in [-0.25, -0.2) is 9.78 Å². The van der Waals surface area contributed by atoms with Crippen molar-refractivity contribution in [3.63, 3.8) is 0 Å². The van der Waals surface area contributed by atoms with Gasteiger partial charge < -0.3 is 10.0 Å². The molecule has 0 bridgehead atoms. The number of carbonyl (C=O) groups is 1. The maximum absolute atomic E-state index is 11.2. The Labute approximate surface area is 119 Å². The zero-order valence-electron chi connectivity index (χ0n) is 12.3. The lowest BCUT2D eigenvalue weighted by molar-refractivity contribution is 0.0691. The molecule has 0 spiro atoms. The van der Waals surface area contributed by atoms with Gasteiger partial charge in [0.05, 0.1) is 0 Å². The predicted molar refractivity (Wildman–Crippen MR) is 81.4 cm³/mol. The van der Waals surface area contributed by atoms with Crippen molar-refractivity contribution in [2.75, 3.05) is 18.5 Å². The largest absolute Gasteiger partial charge is 0.477 e. The second kappa shape index (κ2) is 5.12. The first kappa shape index (κ1) is 14.3. The summed E-state index contributed by atoms with van der Waals surface area (Å²) < 4.78 is 0. The molecule has 0 aliphatic carbocycles. The van der Waals surface area contributed by atoms with Crippen LogP contribution in [0.3, 0.4) is 0 Å². The van der Waals surface area contributed by atoms with Gasteiger partial charge in [0.15, 0.2) is 5.69 Å². The van der Waals surface area contributed by atoms with Gasteiger partial charge in [-0.3, -0.25) is 0 Å². The van der Waals surface area contributed by atoms with Crippen molar-refractivity contribution in [1.29, 1.82) is 0 Å². The lowest BCUT2D eigenvalue weighted by Crippen LogP contribution is -2.30. The number of aromatic nitrogens is 1. The summed E-state index contributed by atoms with van der Waals surface area (Å²) in [5.41, 5.74) is 0.191. The quantitative estimate of drug-likeness (QED) is 0.930. The molecule has 0 aliphatic heterocycles. The molecule has 106 valence electrons. The summed E-state index contributed by atoms with van der Waals surface area (Å²) in [6, 6.07) is 9.35. The number of carboxylic acids is 1. The molecule has 0 unspecified atom stereocenters. The molecular formula is C16H20N2O2. The van der Waals surface area contributed by atoms with Gasteiger partial charge in [0.2, 0.25) is 0 Å². The Kier molecular flexibility index (Phi) is 3.66. The third-order valence-electron chi connectivity index (χ3n) is 3.01. The molecule has 0 atom stereocenters. The van der Waals surface area contributed by atoms with Gasteiger partial charge in [-0.1, -0.05) is 45.0 Å². The fraction of sp³-hybridized carbons (Fsp3) is 0.375. The Bertz CT molecular complexity index is 644. The number of carboxylic acid groups (broad SMARTS) is 1. The molecule has 0 saturated heterocycles. The van der Waals surface area contributed by atoms with E-state index in [1.165, 1.54) is 0 Å². The summed E-state index contributed by atoms with van der Waals surface area (Å²) in [5.74, 6) is -0.281. The van der Waals surface area contributed by atoms with Crippen LogP contribution < -0.4 is 4.90 Å². The Hall–Kier alpha value is -2.10. The van der Waals surface area contributed by atoms with Crippen LogP contribution in [0.1, 0.15) is 31.3 Å². The summed E-state index contributed by atoms with van der Waals surface area (Å²) in [7, 11) is 1.95. The average molecular weight is 272 g/mol. The highest BCUT2D eigenvalue weighted by atomic mass is 16.4. The first-order valence-electron chi connectivity index (χ1n) is 6.62. The van der Waals surface area contributed by atoms with Gasteiger partial charge in [-0.15, -0.1) is 0 Å². The number of rotatable bonds is 3. The minimum Gasteiger partial charge on any atom is -0.477 e. The third kappa shape index (κ3) is 3.07. The Morgan fingerprint density at radius 1 is 1.30 bits per heavy atom. The van der Waals surface area contributed by atoms with Crippen LogP contribution in [0, 0.1) is 5.41 Å². The van der Waals surface area contributed by atoms with Gasteiger partial charge in [0.25, 0.3) is 0 Å². The molecular weight excluding hydrogens is 252 g/mol. The zero-order valence-corrected chi connectivity index (χ0v) is 12.3. The normalized spacial score (nSPS) is 11.6. The fourth-order valence-corrected chi connectivity index (χ4v) is 2.37. The van der Waals surface area contributed by atoms with Gasteiger partial charge >= 0.3 is 5.97 Å². The summed E-state index contributed by atoms with van der Waals surface area (Å²) >= 11 is 0. The Balaban J connectivity index is 2.57. The molecule has 1 heterocycles. The molecule has 0 amide bonds. The van der Waals surface area contributed by atoms with E-state index >= 15 is 0 Å². The van der Waals surface area contributed by atoms with Crippen LogP contribution >= 0.6 is 0 Å². The highest BCUT2D eigenvalue weighted by Gasteiger charge is 2.18. The molecule has 0 saturated carbocycles. The fourth-order valence-electron chi connectivity index (χ4n) is 2.37. The highest BCUT2D eigenvalue weighted by Crippen LogP contribution is 2.27. The number of hydrogen-bond acceptors (Lipinski definition) is 3. The number of anilines is 1. The maximum atomic E-state index is 11.2. The van der Waals surface area contributed by atoms with Crippen molar-refractivity contribution in [2.45, 2.75) is 20.8 Å². The van der Waals surface area contributed by atoms with Crippen molar-refractivity contribution >= 4 is 22.6 Å². The first-order valence-corrected chi connectivity index (χ1v) is 6.62. The van der Waals surface area contributed by atoms with Crippen LogP contribution in [-0.2, 0) is 0 Å². The van der Waals surface area contributed by atoms with Crippen LogP contribution in [0.25, 0.3) is 10.8 Å². The van der Waals surface area contributed by atoms with E-state index in [4.69, 9.17) is 0 Å². The number of fused-ring (bicyclic) bond motifs is 1. The van der Waals surface area contributed by atoms with Crippen molar-refractivity contribution in [3.05, 3.63) is 36.0 Å². The van der Waals surface area contributed by atoms with Crippen LogP contribution in [0.15, 0.2) is 30.3 Å². The zero-order chi connectivity index (χ0) is 14.9. The van der Waals surface area contributed by atoms with Crippen molar-refractivity contribution in [1.82, 2.24) is 4.98 Å². The molecule has 20 heavy (non-hydrogen) atoms. The monoisotopic (exact) mass is 272 g/mol. The van der Waals surface area contributed by atoms with E-state index in [9.17, 15) is 9.90 Å². The van der Waals surface area contributed by atoms with E-state index in [1.54, 1.807) is 6.07 Å². The summed E-state index contributed by atoms with van der Waals surface area (Å²) in [6.45, 7) is 7.24. The lowest BCUT2D eigenvalue weighted by Gasteiger charge is -2.28. The number of pyridine rings is 1. The average Bonchev–Trinajstić information content (AvgIpc) is 2.35. The topological polar surface area (TPSA) is 53.4 Å². The third-order valence-corrected chi connectivity index (χ3v) is 3.01. The van der Waals surface area contributed by atoms with E-state index < -0.39 is 5.97 Å². The molecule has 0 radical (unpaired) electrons. The molecule has 2 aromatic rings. The van der Waals surface area contributed by atoms with Gasteiger partial charge in [0.1, 0.15) is 5.82 Å². The van der Waals surface area contributed by atoms with E-state index in [0.717, 1.165) is 23.1 Å². The van der Waals surface area contributed by atoms with Crippen LogP contribution in [0.2, 0.25) is 0 Å². The van der Waals surface area contributed by atoms with E-state index in [-0.39, 0.29) is 11.1 Å². The van der Waals surface area contributed by atoms with E-state index in [2.05, 4.69) is 25.8 Å². The van der Waals surface area contributed by atoms with Crippen molar-refractivity contribution in [2.24, 2.45) is 5.41 Å². The minimum atomic E-state index is -0.999. The number of nitrogens with zero attached hydrogens (tertiary/aromatic N) is 2. The lowest BCUT2D eigenvalue weighted by atomic mass is 9.96. The molecule has 1 N–H and O–H groups in total. The molecule has 4 nitrogen and oxygen atoms in total. The number of aromatic carboxylic acids is 1. The molecule has 0 fully saturated rings. The van der Waals surface area contributed by atoms with Crippen LogP contribution in [0.4, 0.5) is 5.82 Å². The Morgan fingerprint density at radius 3 is 2.55 bits per heavy atom. The Morgan fingerprint density at radius 2 is 1.95 bits per heavy atom. The first-order chi connectivity index (χ1) is 9.28. The van der Waals surface area contributed by atoms with E-state index in [1.807, 2.05) is 36.2 Å². The standard InChI is InChI=1S/C16H20N2O2/c1-16(2,3)10-18(4)14-12-8-6-5-7-11(12)9-13(17-14)15(19)20/h5-9H,10H2,1-4H3,(H,19,20). The second-order valence-electron chi connectivity index (χ2n) is 6.27. The SMILES string of the molecule is CN(CC(C)(C)C)c1nc(C(=O)O)cc2ccccc12. The van der Waals surface area contributed by atoms with E-state index in [0.29, 0.717) is 0 Å². The minimum absolute atomic E-state index is 0.0828. The molecule has 2 rings (SSSR count). The molecule has 1 aromatic carbocycles. The summed E-state index contributed by atoms with van der Waals surface area (Å²) in [6.07, 6.45) is 0. The van der Waals surface area contributed by atoms with Crippen LogP contribution in [0.5, 0.6) is 0 Å². The second-order valence-corrected chi connectivity index (χ2v) is 6.27. The van der Waals surface area contributed by atoms with Gasteiger partial charge in [0, 0.05) is 19.0 Å². The van der Waals surface area contributed by atoms with Crippen LogP contribution in [-0.4, -0.2) is 29.7 Å².